The fraction of sp³-hybridized carbons (Fsp3) is 0.480. The standard InChI is InChI=1S/C25H36N3O9PS.C25H34N3O8PS.2Na/c1-18(2)15-28(39(33,34)22-10-8-20(26)9-11-22)16-24(37-38(30,31)32)23(14-19-6-4-3-5-7-19)27-25(29)36-21-12-13-35-17-21;1-18(2)15-28(38(32,33)22-10-8-20(26)9-11-22)16-24(36-37(30)31)23(14-19-6-4-3-5-7-19)27-25(29)35-21-12-13-34-17-21;;/h3-11,18,21,23-24H,12-17,26H2,1-2H3,(H,27,29)(H2,30,31,32);3-11,18,21,23-24H,12-17,26H2,1-2H3,(H-,27,29,30,31);;/q;;2*+1/p-1/t2*21-,23-,24+;;/m00../s1. The number of sulfonamides is 2. The van der Waals surface area contributed by atoms with E-state index in [-0.39, 0.29) is 126 Å². The molecule has 0 bridgehead atoms. The van der Waals surface area contributed by atoms with Crippen LogP contribution in [0.3, 0.4) is 0 Å². The van der Waals surface area contributed by atoms with E-state index >= 15 is 0 Å². The molecule has 0 aromatic heterocycles. The van der Waals surface area contributed by atoms with Crippen molar-refractivity contribution in [2.75, 3.05) is 64.1 Å². The van der Waals surface area contributed by atoms with Crippen molar-refractivity contribution in [2.45, 2.75) is 99.7 Å². The maximum Gasteiger partial charge on any atom is 1.00 e. The summed E-state index contributed by atoms with van der Waals surface area (Å²) in [5.74, 6) is -0.247. The minimum absolute atomic E-state index is 0. The van der Waals surface area contributed by atoms with E-state index in [1.807, 2.05) is 44.2 Å². The van der Waals surface area contributed by atoms with Gasteiger partial charge in [-0.05, 0) is 84.3 Å². The SMILES string of the molecule is CC(C)CN(C[C@@H](OP(=O)([O-])[O-])[C@H](Cc1ccccc1)NC(=O)O[C@H]1CCOC1)S(=O)(=O)c1ccc(N)cc1.CC(C)CN(C[C@@H](O[P+](=O)O)[C@H](Cc1ccccc1)NC(=O)O[C@H]1CCOC1)S(=O)(=O)c1ccc(N)cc1.[Na+].[Na+]. The van der Waals surface area contributed by atoms with Crippen molar-refractivity contribution in [2.24, 2.45) is 11.8 Å². The first-order valence-electron chi connectivity index (χ1n) is 24.8. The van der Waals surface area contributed by atoms with Crippen molar-refractivity contribution >= 4 is 59.7 Å². The fourth-order valence-corrected chi connectivity index (χ4v) is 12.5. The number of hydrogen-bond acceptors (Lipinski definition) is 18. The quantitative estimate of drug-likeness (QED) is 0.0267. The Morgan fingerprint density at radius 2 is 1.03 bits per heavy atom. The maximum atomic E-state index is 13.6. The number of ether oxygens (including phenoxy) is 4. The number of hydrogen-bond donors (Lipinski definition) is 5. The van der Waals surface area contributed by atoms with Crippen LogP contribution in [-0.4, -0.2) is 132 Å². The van der Waals surface area contributed by atoms with Crippen LogP contribution in [0.1, 0.15) is 51.7 Å². The Morgan fingerprint density at radius 1 is 0.658 bits per heavy atom. The number of rotatable bonds is 26. The van der Waals surface area contributed by atoms with Crippen molar-refractivity contribution in [1.29, 1.82) is 0 Å². The van der Waals surface area contributed by atoms with Gasteiger partial charge in [-0.15, -0.1) is 9.42 Å². The summed E-state index contributed by atoms with van der Waals surface area (Å²) in [6.45, 7) is 7.95. The van der Waals surface area contributed by atoms with Gasteiger partial charge in [0, 0.05) is 55.0 Å². The van der Waals surface area contributed by atoms with E-state index in [1.54, 1.807) is 44.2 Å². The number of alkyl carbamates (subject to hydrolysis) is 2. The van der Waals surface area contributed by atoms with Crippen LogP contribution in [0.2, 0.25) is 0 Å². The molecule has 1 unspecified atom stereocenters. The number of carbonyl (C=O) groups excluding carboxylic acids is 2. The van der Waals surface area contributed by atoms with Crippen molar-refractivity contribution < 1.29 is 137 Å². The van der Waals surface area contributed by atoms with Crippen molar-refractivity contribution in [3.8, 4) is 0 Å². The first kappa shape index (κ1) is 70.2. The van der Waals surface area contributed by atoms with Gasteiger partial charge in [-0.1, -0.05) is 88.4 Å². The Labute approximate surface area is 508 Å². The van der Waals surface area contributed by atoms with E-state index in [0.29, 0.717) is 43.0 Å². The van der Waals surface area contributed by atoms with E-state index in [2.05, 4.69) is 10.6 Å². The Bertz CT molecular complexity index is 2770. The number of phosphoric ester groups is 1. The number of anilines is 2. The average Bonchev–Trinajstić information content (AvgIpc) is 4.08. The summed E-state index contributed by atoms with van der Waals surface area (Å²) in [5, 5.41) is 5.33. The second-order valence-corrected chi connectivity index (χ2v) is 24.9. The van der Waals surface area contributed by atoms with Crippen LogP contribution in [0.4, 0.5) is 21.0 Å². The smallest absolute Gasteiger partial charge is 0.790 e. The summed E-state index contributed by atoms with van der Waals surface area (Å²) in [5.41, 5.74) is 13.7. The molecule has 2 aliphatic heterocycles. The van der Waals surface area contributed by atoms with Crippen LogP contribution in [0.25, 0.3) is 0 Å². The number of nitrogens with two attached hydrogens (primary N) is 2. The normalized spacial score (nSPS) is 17.3. The van der Waals surface area contributed by atoms with Crippen LogP contribution in [0.5, 0.6) is 0 Å². The zero-order chi connectivity index (χ0) is 56.3. The third-order valence-electron chi connectivity index (χ3n) is 11.9. The minimum atomic E-state index is -5.62. The van der Waals surface area contributed by atoms with Crippen LogP contribution >= 0.6 is 16.1 Å². The molecule has 0 saturated carbocycles. The van der Waals surface area contributed by atoms with Gasteiger partial charge in [-0.3, -0.25) is 0 Å². The molecule has 6 rings (SSSR count). The summed E-state index contributed by atoms with van der Waals surface area (Å²) in [7, 11) is -17.0. The van der Waals surface area contributed by atoms with Crippen LogP contribution in [0, 0.1) is 11.8 Å². The third-order valence-corrected chi connectivity index (χ3v) is 16.5. The molecule has 4 aromatic rings. The summed E-state index contributed by atoms with van der Waals surface area (Å²) in [4.78, 5) is 58.9. The molecule has 2 aliphatic rings. The Hall–Kier alpha value is -3.11. The molecular weight excluding hydrogens is 1130 g/mol. The van der Waals surface area contributed by atoms with Gasteiger partial charge in [-0.2, -0.15) is 8.61 Å². The molecule has 0 spiro atoms. The number of amides is 2. The monoisotopic (exact) mass is 1200 g/mol. The maximum absolute atomic E-state index is 13.6. The average molecular weight is 1200 g/mol. The van der Waals surface area contributed by atoms with Gasteiger partial charge in [0.15, 0.2) is 6.10 Å². The zero-order valence-corrected chi connectivity index (χ0v) is 52.7. The molecular formula is C50H69N6Na2O17P2S2+. The molecule has 23 nitrogen and oxygen atoms in total. The largest absolute Gasteiger partial charge is 1.00 e. The van der Waals surface area contributed by atoms with Gasteiger partial charge < -0.3 is 59.9 Å². The molecule has 4 aromatic carbocycles. The minimum Gasteiger partial charge on any atom is -0.790 e. The van der Waals surface area contributed by atoms with E-state index < -0.39 is 91.4 Å². The van der Waals surface area contributed by atoms with Crippen LogP contribution in [0.15, 0.2) is 119 Å². The van der Waals surface area contributed by atoms with Crippen LogP contribution < -0.4 is 91.0 Å². The Balaban J connectivity index is 0.000000405. The van der Waals surface area contributed by atoms with E-state index in [0.717, 1.165) is 9.87 Å². The number of phosphoric acid groups is 1. The number of nitrogen functional groups attached to an aromatic ring is 2. The van der Waals surface area contributed by atoms with Gasteiger partial charge in [0.05, 0.1) is 62.2 Å². The molecule has 7 N–H and O–H groups in total. The molecule has 2 amide bonds. The summed E-state index contributed by atoms with van der Waals surface area (Å²) < 4.78 is 112. The van der Waals surface area contributed by atoms with Crippen molar-refractivity contribution in [1.82, 2.24) is 19.2 Å². The Kier molecular flexibility index (Phi) is 30.1. The molecule has 2 fully saturated rings. The topological polar surface area (TPSA) is 341 Å². The number of carbonyl (C=O) groups is 2. The molecule has 7 atom stereocenters. The third kappa shape index (κ3) is 24.3. The van der Waals surface area contributed by atoms with Gasteiger partial charge in [-0.25, -0.2) is 26.4 Å². The van der Waals surface area contributed by atoms with Gasteiger partial charge in [0.2, 0.25) is 20.0 Å². The zero-order valence-electron chi connectivity index (χ0n) is 45.2. The van der Waals surface area contributed by atoms with Gasteiger partial charge in [0.25, 0.3) is 0 Å². The number of nitrogens with zero attached hydrogens (tertiary/aromatic N) is 2. The number of nitrogens with one attached hydrogen (secondary N) is 2. The van der Waals surface area contributed by atoms with Crippen molar-refractivity contribution in [3.05, 3.63) is 120 Å². The molecule has 0 aliphatic carbocycles. The molecule has 79 heavy (non-hydrogen) atoms. The first-order chi connectivity index (χ1) is 36.4. The summed E-state index contributed by atoms with van der Waals surface area (Å²) >= 11 is 0. The van der Waals surface area contributed by atoms with Gasteiger partial charge in [0.1, 0.15) is 12.2 Å². The van der Waals surface area contributed by atoms with E-state index in [1.165, 1.54) is 52.8 Å². The van der Waals surface area contributed by atoms with Gasteiger partial charge >= 0.3 is 79.6 Å². The Morgan fingerprint density at radius 3 is 1.35 bits per heavy atom. The van der Waals surface area contributed by atoms with Crippen molar-refractivity contribution in [3.63, 3.8) is 0 Å². The summed E-state index contributed by atoms with van der Waals surface area (Å²) in [6, 6.07) is 27.2. The second-order valence-electron chi connectivity index (χ2n) is 19.2. The molecule has 29 heteroatoms. The second kappa shape index (κ2) is 33.9. The summed E-state index contributed by atoms with van der Waals surface area (Å²) in [6.07, 6.45) is -4.00. The molecule has 424 valence electrons. The predicted molar refractivity (Wildman–Crippen MR) is 282 cm³/mol. The van der Waals surface area contributed by atoms with E-state index in [9.17, 15) is 50.2 Å². The first-order valence-corrected chi connectivity index (χ1v) is 30.3. The fourth-order valence-electron chi connectivity index (χ4n) is 8.26. The molecule has 2 heterocycles. The molecule has 2 saturated heterocycles. The number of benzene rings is 4. The van der Waals surface area contributed by atoms with Crippen LogP contribution in [-0.2, 0) is 70.0 Å². The predicted octanol–water partition coefficient (Wildman–Crippen LogP) is -1.66. The molecule has 0 radical (unpaired) electrons. The van der Waals surface area contributed by atoms with E-state index in [4.69, 9.17) is 39.5 Å².